The van der Waals surface area contributed by atoms with E-state index in [2.05, 4.69) is 5.32 Å². The van der Waals surface area contributed by atoms with E-state index in [0.717, 1.165) is 13.0 Å². The van der Waals surface area contributed by atoms with Crippen molar-refractivity contribution < 1.29 is 26.7 Å². The van der Waals surface area contributed by atoms with E-state index in [1.54, 1.807) is 5.32 Å². The molecule has 1 amide bonds. The molecule has 0 radical (unpaired) electrons. The molecule has 8 heteroatoms. The second kappa shape index (κ2) is 5.38. The average molecular weight is 274 g/mol. The molecule has 0 bridgehead atoms. The Morgan fingerprint density at radius 3 is 2.39 bits per heavy atom. The van der Waals surface area contributed by atoms with Gasteiger partial charge in [0, 0.05) is 6.04 Å². The SMILES string of the molecule is CC(NC(=O)C(F)(F)C(F)(F)F)C1CCCNC1. The number of hydrogen-bond acceptors (Lipinski definition) is 2. The minimum atomic E-state index is -5.86. The van der Waals surface area contributed by atoms with Crippen LogP contribution in [0.15, 0.2) is 0 Å². The molecule has 0 aromatic heterocycles. The fraction of sp³-hybridized carbons (Fsp3) is 0.900. The molecule has 1 rings (SSSR count). The van der Waals surface area contributed by atoms with Crippen LogP contribution in [-0.2, 0) is 4.79 Å². The van der Waals surface area contributed by atoms with Crippen LogP contribution in [0, 0.1) is 5.92 Å². The van der Waals surface area contributed by atoms with Crippen molar-refractivity contribution in [3.8, 4) is 0 Å². The van der Waals surface area contributed by atoms with Crippen LogP contribution in [0.4, 0.5) is 22.0 Å². The predicted octanol–water partition coefficient (Wildman–Crippen LogP) is 1.69. The Kier molecular flexibility index (Phi) is 4.52. The summed E-state index contributed by atoms with van der Waals surface area (Å²) in [6, 6.07) is -0.724. The summed E-state index contributed by atoms with van der Waals surface area (Å²) in [6.45, 7) is 2.72. The van der Waals surface area contributed by atoms with Crippen LogP contribution < -0.4 is 10.6 Å². The van der Waals surface area contributed by atoms with Crippen molar-refractivity contribution in [3.63, 3.8) is 0 Å². The van der Waals surface area contributed by atoms with Crippen molar-refractivity contribution in [1.82, 2.24) is 10.6 Å². The number of alkyl halides is 5. The van der Waals surface area contributed by atoms with Gasteiger partial charge in [0.05, 0.1) is 0 Å². The maximum absolute atomic E-state index is 12.7. The molecular weight excluding hydrogens is 259 g/mol. The van der Waals surface area contributed by atoms with E-state index < -0.39 is 24.0 Å². The lowest BCUT2D eigenvalue weighted by Crippen LogP contribution is -2.55. The Labute approximate surface area is 101 Å². The number of amides is 1. The summed E-state index contributed by atoms with van der Waals surface area (Å²) in [4.78, 5) is 11.0. The van der Waals surface area contributed by atoms with E-state index in [9.17, 15) is 26.7 Å². The minimum absolute atomic E-state index is 0.133. The molecule has 0 saturated carbocycles. The quantitative estimate of drug-likeness (QED) is 0.769. The van der Waals surface area contributed by atoms with Gasteiger partial charge in [-0.1, -0.05) is 0 Å². The van der Waals surface area contributed by atoms with Crippen molar-refractivity contribution in [1.29, 1.82) is 0 Å². The van der Waals surface area contributed by atoms with Gasteiger partial charge in [-0.25, -0.2) is 0 Å². The Bertz CT molecular complexity index is 299. The molecule has 0 aromatic rings. The normalized spacial score (nSPS) is 23.6. The summed E-state index contributed by atoms with van der Waals surface area (Å²) < 4.78 is 61.3. The fourth-order valence-corrected chi connectivity index (χ4v) is 1.85. The summed E-state index contributed by atoms with van der Waals surface area (Å²) in [5.74, 6) is -7.76. The molecule has 0 aromatic carbocycles. The lowest BCUT2D eigenvalue weighted by atomic mass is 9.92. The molecule has 1 aliphatic rings. The number of carbonyl (C=O) groups excluding carboxylic acids is 1. The fourth-order valence-electron chi connectivity index (χ4n) is 1.85. The van der Waals surface area contributed by atoms with Gasteiger partial charge in [0.1, 0.15) is 0 Å². The predicted molar refractivity (Wildman–Crippen MR) is 54.2 cm³/mol. The smallest absolute Gasteiger partial charge is 0.348 e. The number of piperidine rings is 1. The van der Waals surface area contributed by atoms with Gasteiger partial charge in [-0.15, -0.1) is 0 Å². The van der Waals surface area contributed by atoms with Gasteiger partial charge in [0.2, 0.25) is 0 Å². The van der Waals surface area contributed by atoms with E-state index in [1.165, 1.54) is 6.92 Å². The summed E-state index contributed by atoms with van der Waals surface area (Å²) in [6.07, 6.45) is -4.37. The molecule has 0 aliphatic carbocycles. The average Bonchev–Trinajstić information content (AvgIpc) is 2.28. The zero-order chi connectivity index (χ0) is 14.0. The van der Waals surface area contributed by atoms with Crippen molar-refractivity contribution in [2.24, 2.45) is 5.92 Å². The van der Waals surface area contributed by atoms with Gasteiger partial charge in [-0.2, -0.15) is 22.0 Å². The van der Waals surface area contributed by atoms with E-state index in [1.807, 2.05) is 0 Å². The van der Waals surface area contributed by atoms with Gasteiger partial charge in [-0.3, -0.25) is 4.79 Å². The zero-order valence-electron chi connectivity index (χ0n) is 9.78. The summed E-state index contributed by atoms with van der Waals surface area (Å²) in [5, 5.41) is 4.74. The maximum atomic E-state index is 12.7. The minimum Gasteiger partial charge on any atom is -0.348 e. The van der Waals surface area contributed by atoms with Crippen LogP contribution in [0.3, 0.4) is 0 Å². The third-order valence-corrected chi connectivity index (χ3v) is 3.04. The second-order valence-electron chi connectivity index (χ2n) is 4.44. The molecule has 2 unspecified atom stereocenters. The third kappa shape index (κ3) is 3.30. The van der Waals surface area contributed by atoms with Crippen LogP contribution in [0.1, 0.15) is 19.8 Å². The highest BCUT2D eigenvalue weighted by atomic mass is 19.4. The lowest BCUT2D eigenvalue weighted by Gasteiger charge is -2.30. The van der Waals surface area contributed by atoms with Crippen LogP contribution in [0.25, 0.3) is 0 Å². The van der Waals surface area contributed by atoms with E-state index >= 15 is 0 Å². The van der Waals surface area contributed by atoms with Crippen molar-refractivity contribution in [3.05, 3.63) is 0 Å². The van der Waals surface area contributed by atoms with Gasteiger partial charge in [0.15, 0.2) is 0 Å². The number of carbonyl (C=O) groups is 1. The van der Waals surface area contributed by atoms with Gasteiger partial charge >= 0.3 is 18.0 Å². The maximum Gasteiger partial charge on any atom is 0.463 e. The topological polar surface area (TPSA) is 41.1 Å². The summed E-state index contributed by atoms with van der Waals surface area (Å²) in [7, 11) is 0. The van der Waals surface area contributed by atoms with Gasteiger partial charge < -0.3 is 10.6 Å². The van der Waals surface area contributed by atoms with Crippen LogP contribution in [0.2, 0.25) is 0 Å². The number of nitrogens with one attached hydrogen (secondary N) is 2. The largest absolute Gasteiger partial charge is 0.463 e. The molecule has 3 nitrogen and oxygen atoms in total. The first-order valence-electron chi connectivity index (χ1n) is 5.62. The molecule has 1 saturated heterocycles. The van der Waals surface area contributed by atoms with Crippen LogP contribution >= 0.6 is 0 Å². The Balaban J connectivity index is 2.58. The molecule has 0 spiro atoms. The highest BCUT2D eigenvalue weighted by Gasteiger charge is 2.63. The molecule has 1 aliphatic heterocycles. The first-order chi connectivity index (χ1) is 8.16. The molecule has 2 N–H and O–H groups in total. The molecule has 2 atom stereocenters. The Morgan fingerprint density at radius 2 is 1.94 bits per heavy atom. The summed E-state index contributed by atoms with van der Waals surface area (Å²) in [5.41, 5.74) is 0. The van der Waals surface area contributed by atoms with Crippen LogP contribution in [-0.4, -0.2) is 37.1 Å². The Hall–Kier alpha value is -0.920. The number of rotatable bonds is 3. The number of hydrogen-bond donors (Lipinski definition) is 2. The third-order valence-electron chi connectivity index (χ3n) is 3.04. The molecule has 18 heavy (non-hydrogen) atoms. The molecular formula is C10H15F5N2O. The Morgan fingerprint density at radius 1 is 1.33 bits per heavy atom. The molecule has 1 heterocycles. The first kappa shape index (κ1) is 15.1. The first-order valence-corrected chi connectivity index (χ1v) is 5.62. The zero-order valence-corrected chi connectivity index (χ0v) is 9.78. The van der Waals surface area contributed by atoms with Crippen molar-refractivity contribution in [2.45, 2.75) is 37.9 Å². The highest BCUT2D eigenvalue weighted by molar-refractivity contribution is 5.84. The molecule has 1 fully saturated rings. The number of halogens is 5. The second-order valence-corrected chi connectivity index (χ2v) is 4.44. The van der Waals surface area contributed by atoms with Crippen molar-refractivity contribution >= 4 is 5.91 Å². The van der Waals surface area contributed by atoms with Crippen molar-refractivity contribution in [2.75, 3.05) is 13.1 Å². The monoisotopic (exact) mass is 274 g/mol. The highest BCUT2D eigenvalue weighted by Crippen LogP contribution is 2.35. The molecule has 106 valence electrons. The lowest BCUT2D eigenvalue weighted by molar-refractivity contribution is -0.270. The van der Waals surface area contributed by atoms with E-state index in [-0.39, 0.29) is 5.92 Å². The van der Waals surface area contributed by atoms with E-state index in [0.29, 0.717) is 13.0 Å². The standard InChI is InChI=1S/C10H15F5N2O/c1-6(7-3-2-4-16-5-7)17-8(18)9(11,12)10(13,14)15/h6-7,16H,2-5H2,1H3,(H,17,18). The van der Waals surface area contributed by atoms with Gasteiger partial charge in [-0.05, 0) is 38.8 Å². The van der Waals surface area contributed by atoms with Crippen LogP contribution in [0.5, 0.6) is 0 Å². The van der Waals surface area contributed by atoms with Gasteiger partial charge in [0.25, 0.3) is 0 Å². The summed E-state index contributed by atoms with van der Waals surface area (Å²) >= 11 is 0. The van der Waals surface area contributed by atoms with E-state index in [4.69, 9.17) is 0 Å².